The Kier molecular flexibility index (Phi) is 6.88. The van der Waals surface area contributed by atoms with E-state index in [1.165, 1.54) is 23.9 Å². The van der Waals surface area contributed by atoms with Crippen molar-refractivity contribution < 1.29 is 14.5 Å². The average molecular weight is 476 g/mol. The summed E-state index contributed by atoms with van der Waals surface area (Å²) in [5.41, 5.74) is 2.47. The van der Waals surface area contributed by atoms with E-state index < -0.39 is 4.92 Å². The van der Waals surface area contributed by atoms with Crippen molar-refractivity contribution in [1.82, 2.24) is 15.1 Å². The van der Waals surface area contributed by atoms with Crippen molar-refractivity contribution in [3.63, 3.8) is 0 Å². The molecule has 1 saturated heterocycles. The summed E-state index contributed by atoms with van der Waals surface area (Å²) in [6.45, 7) is 6.54. The quantitative estimate of drug-likeness (QED) is 0.208. The normalized spacial score (nSPS) is 15.8. The molecule has 1 N–H and O–H groups in total. The third kappa shape index (κ3) is 4.91. The topological polar surface area (TPSA) is 114 Å². The number of nitrogens with zero attached hydrogens (tertiary/aromatic N) is 4. The molecule has 1 aromatic heterocycles. The van der Waals surface area contributed by atoms with Gasteiger partial charge in [-0.1, -0.05) is 18.2 Å². The van der Waals surface area contributed by atoms with Crippen LogP contribution in [-0.4, -0.2) is 44.2 Å². The van der Waals surface area contributed by atoms with Gasteiger partial charge in [-0.05, 0) is 49.0 Å². The monoisotopic (exact) mass is 475 g/mol. The number of amides is 1. The van der Waals surface area contributed by atoms with Gasteiger partial charge in [-0.25, -0.2) is 4.99 Å². The fourth-order valence-corrected chi connectivity index (χ4v) is 4.33. The standard InChI is InChI=1S/C24H21N5O4S/c1-3-12-28-23(30)21(34-24(28)26-18-8-10-20(11-9-18)33-4-2)14-17-15-25-27-22(17)16-6-5-7-19(13-16)29(31)32/h3,5-11,13-15H,1,4,12H2,2H3,(H,25,27)/b21-14-,26-24?. The Hall–Kier alpha value is -4.18. The third-order valence-corrected chi connectivity index (χ3v) is 5.88. The van der Waals surface area contributed by atoms with Crippen LogP contribution >= 0.6 is 11.8 Å². The second kappa shape index (κ2) is 10.2. The Balaban J connectivity index is 1.66. The lowest BCUT2D eigenvalue weighted by Crippen LogP contribution is -2.29. The van der Waals surface area contributed by atoms with Crippen molar-refractivity contribution in [2.24, 2.45) is 4.99 Å². The minimum Gasteiger partial charge on any atom is -0.494 e. The number of benzene rings is 2. The number of nitro benzene ring substituents is 1. The van der Waals surface area contributed by atoms with E-state index in [-0.39, 0.29) is 11.6 Å². The Morgan fingerprint density at radius 3 is 2.79 bits per heavy atom. The van der Waals surface area contributed by atoms with Gasteiger partial charge in [-0.3, -0.25) is 24.9 Å². The van der Waals surface area contributed by atoms with Crippen LogP contribution in [0, 0.1) is 10.1 Å². The van der Waals surface area contributed by atoms with Crippen LogP contribution in [0.5, 0.6) is 5.75 Å². The summed E-state index contributed by atoms with van der Waals surface area (Å²) in [6, 6.07) is 13.5. The predicted octanol–water partition coefficient (Wildman–Crippen LogP) is 5.17. The summed E-state index contributed by atoms with van der Waals surface area (Å²) in [4.78, 5) is 30.5. The van der Waals surface area contributed by atoms with E-state index in [0.717, 1.165) is 5.75 Å². The number of non-ortho nitro benzene ring substituents is 1. The Morgan fingerprint density at radius 1 is 1.29 bits per heavy atom. The van der Waals surface area contributed by atoms with Gasteiger partial charge in [0.2, 0.25) is 0 Å². The molecule has 0 unspecified atom stereocenters. The number of rotatable bonds is 8. The number of H-pyrrole nitrogens is 1. The van der Waals surface area contributed by atoms with E-state index in [9.17, 15) is 14.9 Å². The summed E-state index contributed by atoms with van der Waals surface area (Å²) in [5.74, 6) is 0.541. The van der Waals surface area contributed by atoms with Gasteiger partial charge in [0.05, 0.1) is 34.0 Å². The zero-order valence-corrected chi connectivity index (χ0v) is 19.1. The van der Waals surface area contributed by atoms with E-state index in [1.807, 2.05) is 31.2 Å². The molecule has 172 valence electrons. The summed E-state index contributed by atoms with van der Waals surface area (Å²) >= 11 is 1.24. The minimum absolute atomic E-state index is 0.0287. The molecule has 0 saturated carbocycles. The van der Waals surface area contributed by atoms with E-state index >= 15 is 0 Å². The van der Waals surface area contributed by atoms with Crippen molar-refractivity contribution in [1.29, 1.82) is 0 Å². The number of hydrogen-bond donors (Lipinski definition) is 1. The highest BCUT2D eigenvalue weighted by molar-refractivity contribution is 8.18. The number of carbonyl (C=O) groups is 1. The molecule has 1 aliphatic heterocycles. The summed E-state index contributed by atoms with van der Waals surface area (Å²) in [5, 5.41) is 18.6. The van der Waals surface area contributed by atoms with Gasteiger partial charge in [0, 0.05) is 29.8 Å². The molecule has 0 bridgehead atoms. The van der Waals surface area contributed by atoms with Crippen molar-refractivity contribution >= 4 is 40.3 Å². The first kappa shape index (κ1) is 23.0. The second-order valence-corrected chi connectivity index (χ2v) is 8.15. The summed E-state index contributed by atoms with van der Waals surface area (Å²) in [6.07, 6.45) is 4.93. The molecule has 34 heavy (non-hydrogen) atoms. The Labute approximate surface area is 200 Å². The van der Waals surface area contributed by atoms with Gasteiger partial charge in [0.25, 0.3) is 11.6 Å². The minimum atomic E-state index is -0.453. The second-order valence-electron chi connectivity index (χ2n) is 7.14. The number of thioether (sulfide) groups is 1. The van der Waals surface area contributed by atoms with Crippen LogP contribution in [0.15, 0.2) is 77.3 Å². The van der Waals surface area contributed by atoms with Gasteiger partial charge in [0.1, 0.15) is 5.75 Å². The number of amidine groups is 1. The molecule has 0 atom stereocenters. The molecular weight excluding hydrogens is 454 g/mol. The van der Waals surface area contributed by atoms with Crippen molar-refractivity contribution in [2.45, 2.75) is 6.92 Å². The van der Waals surface area contributed by atoms with Crippen LogP contribution in [0.2, 0.25) is 0 Å². The molecular formula is C24H21N5O4S. The number of nitro groups is 1. The summed E-state index contributed by atoms with van der Waals surface area (Å²) in [7, 11) is 0. The first-order chi connectivity index (χ1) is 16.5. The van der Waals surface area contributed by atoms with Gasteiger partial charge < -0.3 is 4.74 Å². The van der Waals surface area contributed by atoms with Crippen LogP contribution in [0.1, 0.15) is 12.5 Å². The summed E-state index contributed by atoms with van der Waals surface area (Å²) < 4.78 is 5.46. The zero-order chi connectivity index (χ0) is 24.1. The van der Waals surface area contributed by atoms with Crippen molar-refractivity contribution in [3.8, 4) is 17.0 Å². The largest absolute Gasteiger partial charge is 0.494 e. The molecule has 1 amide bonds. The number of carbonyl (C=O) groups excluding carboxylic acids is 1. The highest BCUT2D eigenvalue weighted by Crippen LogP contribution is 2.36. The van der Waals surface area contributed by atoms with Gasteiger partial charge in [-0.15, -0.1) is 6.58 Å². The van der Waals surface area contributed by atoms with Crippen LogP contribution in [0.3, 0.4) is 0 Å². The fraction of sp³-hybridized carbons (Fsp3) is 0.125. The number of aliphatic imine (C=N–C) groups is 1. The smallest absolute Gasteiger partial charge is 0.270 e. The third-order valence-electron chi connectivity index (χ3n) is 4.87. The van der Waals surface area contributed by atoms with E-state index in [2.05, 4.69) is 21.8 Å². The van der Waals surface area contributed by atoms with Crippen LogP contribution in [0.4, 0.5) is 11.4 Å². The van der Waals surface area contributed by atoms with Crippen LogP contribution in [-0.2, 0) is 4.79 Å². The predicted molar refractivity (Wildman–Crippen MR) is 133 cm³/mol. The molecule has 1 fully saturated rings. The molecule has 4 rings (SSSR count). The highest BCUT2D eigenvalue weighted by Gasteiger charge is 2.33. The van der Waals surface area contributed by atoms with Crippen molar-refractivity contribution in [2.75, 3.05) is 13.2 Å². The first-order valence-corrected chi connectivity index (χ1v) is 11.2. The van der Waals surface area contributed by atoms with E-state index in [0.29, 0.717) is 45.7 Å². The Morgan fingerprint density at radius 2 is 2.09 bits per heavy atom. The van der Waals surface area contributed by atoms with Crippen LogP contribution in [0.25, 0.3) is 17.3 Å². The molecule has 2 aromatic carbocycles. The molecule has 0 aliphatic carbocycles. The van der Waals surface area contributed by atoms with Gasteiger partial charge >= 0.3 is 0 Å². The maximum Gasteiger partial charge on any atom is 0.270 e. The number of aromatic amines is 1. The first-order valence-electron chi connectivity index (χ1n) is 10.4. The fourth-order valence-electron chi connectivity index (χ4n) is 3.33. The maximum atomic E-state index is 13.1. The van der Waals surface area contributed by atoms with Gasteiger partial charge in [0.15, 0.2) is 5.17 Å². The zero-order valence-electron chi connectivity index (χ0n) is 18.3. The lowest BCUT2D eigenvalue weighted by Gasteiger charge is -2.12. The number of hydrogen-bond acceptors (Lipinski definition) is 7. The molecule has 9 nitrogen and oxygen atoms in total. The van der Waals surface area contributed by atoms with E-state index in [4.69, 9.17) is 4.74 Å². The molecule has 0 spiro atoms. The number of ether oxygens (including phenoxy) is 1. The SMILES string of the molecule is C=CCN1C(=O)/C(=C/c2cn[nH]c2-c2cccc([N+](=O)[O-])c2)SC1=Nc1ccc(OCC)cc1. The highest BCUT2D eigenvalue weighted by atomic mass is 32.2. The lowest BCUT2D eigenvalue weighted by atomic mass is 10.1. The number of nitrogens with one attached hydrogen (secondary N) is 1. The van der Waals surface area contributed by atoms with Crippen LogP contribution < -0.4 is 4.74 Å². The Bertz CT molecular complexity index is 1300. The van der Waals surface area contributed by atoms with Gasteiger partial charge in [-0.2, -0.15) is 5.10 Å². The van der Waals surface area contributed by atoms with E-state index in [1.54, 1.807) is 35.4 Å². The lowest BCUT2D eigenvalue weighted by molar-refractivity contribution is -0.384. The molecule has 1 aliphatic rings. The maximum absolute atomic E-state index is 13.1. The molecule has 10 heteroatoms. The van der Waals surface area contributed by atoms with Crippen molar-refractivity contribution in [3.05, 3.63) is 88.0 Å². The molecule has 0 radical (unpaired) electrons. The molecule has 3 aromatic rings. The average Bonchev–Trinajstić information content (AvgIpc) is 3.41. The molecule has 2 heterocycles. The number of aromatic nitrogens is 2.